The van der Waals surface area contributed by atoms with Gasteiger partial charge in [0, 0.05) is 16.7 Å². The molecule has 0 amide bonds. The highest BCUT2D eigenvalue weighted by Crippen LogP contribution is 2.39. The van der Waals surface area contributed by atoms with E-state index in [1.54, 1.807) is 0 Å². The highest BCUT2D eigenvalue weighted by atomic mass is 32.2. The molecule has 1 unspecified atom stereocenters. The van der Waals surface area contributed by atoms with Crippen molar-refractivity contribution in [1.82, 2.24) is 0 Å². The van der Waals surface area contributed by atoms with Crippen LogP contribution in [0.2, 0.25) is 0 Å². The van der Waals surface area contributed by atoms with E-state index in [0.717, 1.165) is 11.8 Å². The second kappa shape index (κ2) is 5.92. The van der Waals surface area contributed by atoms with Crippen molar-refractivity contribution in [2.75, 3.05) is 6.54 Å². The highest BCUT2D eigenvalue weighted by Gasteiger charge is 2.20. The van der Waals surface area contributed by atoms with Crippen molar-refractivity contribution in [1.29, 1.82) is 0 Å². The van der Waals surface area contributed by atoms with Gasteiger partial charge in [0.15, 0.2) is 0 Å². The minimum atomic E-state index is 0.535. The molecule has 1 nitrogen and oxygen atoms in total. The molecule has 1 aromatic rings. The lowest BCUT2D eigenvalue weighted by Crippen LogP contribution is -2.15. The summed E-state index contributed by atoms with van der Waals surface area (Å²) in [6, 6.07) is 4.35. The van der Waals surface area contributed by atoms with E-state index in [9.17, 15) is 0 Å². The Balaban J connectivity index is 1.90. The van der Waals surface area contributed by atoms with Crippen LogP contribution in [0.15, 0.2) is 17.5 Å². The molecule has 0 saturated heterocycles. The fourth-order valence-electron chi connectivity index (χ4n) is 2.15. The van der Waals surface area contributed by atoms with Gasteiger partial charge in [-0.15, -0.1) is 23.1 Å². The van der Waals surface area contributed by atoms with E-state index in [1.807, 2.05) is 11.3 Å². The van der Waals surface area contributed by atoms with Crippen LogP contribution in [0.4, 0.5) is 0 Å². The summed E-state index contributed by atoms with van der Waals surface area (Å²) in [6.45, 7) is 0.779. The summed E-state index contributed by atoms with van der Waals surface area (Å²) >= 11 is 3.95. The van der Waals surface area contributed by atoms with Gasteiger partial charge in [-0.2, -0.15) is 0 Å². The maximum absolute atomic E-state index is 5.87. The van der Waals surface area contributed by atoms with E-state index in [4.69, 9.17) is 5.73 Å². The number of hydrogen-bond donors (Lipinski definition) is 1. The SMILES string of the molecule is NCC(SC1CCCCC1)c1cccs1. The molecule has 1 aliphatic carbocycles. The van der Waals surface area contributed by atoms with Gasteiger partial charge in [0.05, 0.1) is 5.25 Å². The van der Waals surface area contributed by atoms with Crippen LogP contribution in [0.25, 0.3) is 0 Å². The Morgan fingerprint density at radius 2 is 2.20 bits per heavy atom. The van der Waals surface area contributed by atoms with Gasteiger partial charge in [-0.3, -0.25) is 0 Å². The molecule has 1 aromatic heterocycles. The summed E-state index contributed by atoms with van der Waals surface area (Å²) in [4.78, 5) is 1.45. The lowest BCUT2D eigenvalue weighted by molar-refractivity contribution is 0.515. The molecule has 84 valence electrons. The van der Waals surface area contributed by atoms with Crippen LogP contribution in [-0.4, -0.2) is 11.8 Å². The van der Waals surface area contributed by atoms with Gasteiger partial charge in [0.1, 0.15) is 0 Å². The lowest BCUT2D eigenvalue weighted by Gasteiger charge is -2.25. The fourth-order valence-corrected chi connectivity index (χ4v) is 4.59. The Labute approximate surface area is 100 Å². The predicted octanol–water partition coefficient (Wildman–Crippen LogP) is 3.81. The van der Waals surface area contributed by atoms with Gasteiger partial charge in [-0.1, -0.05) is 25.3 Å². The summed E-state index contributed by atoms with van der Waals surface area (Å²) in [5, 5.41) is 3.54. The van der Waals surface area contributed by atoms with Crippen LogP contribution >= 0.6 is 23.1 Å². The van der Waals surface area contributed by atoms with Crippen molar-refractivity contribution in [2.45, 2.75) is 42.6 Å². The molecule has 0 spiro atoms. The van der Waals surface area contributed by atoms with Crippen LogP contribution in [0.1, 0.15) is 42.2 Å². The van der Waals surface area contributed by atoms with Gasteiger partial charge in [0.25, 0.3) is 0 Å². The smallest absolute Gasteiger partial charge is 0.0516 e. The molecule has 2 rings (SSSR count). The summed E-state index contributed by atoms with van der Waals surface area (Å²) in [5.41, 5.74) is 5.87. The average molecular weight is 241 g/mol. The Morgan fingerprint density at radius 3 is 2.80 bits per heavy atom. The van der Waals surface area contributed by atoms with Crippen LogP contribution in [-0.2, 0) is 0 Å². The average Bonchev–Trinajstić information content (AvgIpc) is 2.81. The van der Waals surface area contributed by atoms with Crippen molar-refractivity contribution in [2.24, 2.45) is 5.73 Å². The largest absolute Gasteiger partial charge is 0.329 e. The predicted molar refractivity (Wildman–Crippen MR) is 70.6 cm³/mol. The Kier molecular flexibility index (Phi) is 4.54. The third-order valence-electron chi connectivity index (χ3n) is 2.98. The lowest BCUT2D eigenvalue weighted by atomic mass is 10.0. The zero-order chi connectivity index (χ0) is 10.5. The van der Waals surface area contributed by atoms with Crippen LogP contribution < -0.4 is 5.73 Å². The van der Waals surface area contributed by atoms with E-state index in [2.05, 4.69) is 29.3 Å². The number of rotatable bonds is 4. The molecule has 1 fully saturated rings. The summed E-state index contributed by atoms with van der Waals surface area (Å²) in [7, 11) is 0. The maximum Gasteiger partial charge on any atom is 0.0516 e. The molecule has 1 heterocycles. The molecule has 0 aromatic carbocycles. The number of hydrogen-bond acceptors (Lipinski definition) is 3. The Bertz CT molecular complexity index is 265. The van der Waals surface area contributed by atoms with Crippen LogP contribution in [0.3, 0.4) is 0 Å². The molecular formula is C12H19NS2. The molecule has 15 heavy (non-hydrogen) atoms. The third-order valence-corrected chi connectivity index (χ3v) is 5.75. The van der Waals surface area contributed by atoms with Crippen molar-refractivity contribution >= 4 is 23.1 Å². The van der Waals surface area contributed by atoms with E-state index in [-0.39, 0.29) is 0 Å². The maximum atomic E-state index is 5.87. The van der Waals surface area contributed by atoms with E-state index in [0.29, 0.717) is 5.25 Å². The van der Waals surface area contributed by atoms with Gasteiger partial charge >= 0.3 is 0 Å². The minimum Gasteiger partial charge on any atom is -0.329 e. The molecule has 1 atom stereocenters. The first-order valence-electron chi connectivity index (χ1n) is 5.79. The Morgan fingerprint density at radius 1 is 1.40 bits per heavy atom. The Hall–Kier alpha value is 0.01000. The molecule has 1 aliphatic rings. The second-order valence-electron chi connectivity index (χ2n) is 4.14. The molecular weight excluding hydrogens is 222 g/mol. The quantitative estimate of drug-likeness (QED) is 0.867. The first-order chi connectivity index (χ1) is 7.40. The van der Waals surface area contributed by atoms with Gasteiger partial charge in [0.2, 0.25) is 0 Å². The van der Waals surface area contributed by atoms with E-state index in [1.165, 1.54) is 37.0 Å². The van der Waals surface area contributed by atoms with Crippen molar-refractivity contribution < 1.29 is 0 Å². The normalized spacial score (nSPS) is 20.3. The molecule has 0 bridgehead atoms. The number of thioether (sulfide) groups is 1. The topological polar surface area (TPSA) is 26.0 Å². The highest BCUT2D eigenvalue weighted by molar-refractivity contribution is 8.00. The van der Waals surface area contributed by atoms with Crippen LogP contribution in [0.5, 0.6) is 0 Å². The summed E-state index contributed by atoms with van der Waals surface area (Å²) in [6.07, 6.45) is 7.06. The number of thiophene rings is 1. The molecule has 3 heteroatoms. The van der Waals surface area contributed by atoms with Crippen molar-refractivity contribution in [3.05, 3.63) is 22.4 Å². The van der Waals surface area contributed by atoms with Crippen molar-refractivity contribution in [3.8, 4) is 0 Å². The molecule has 0 radical (unpaired) electrons. The first-order valence-corrected chi connectivity index (χ1v) is 7.61. The monoisotopic (exact) mass is 241 g/mol. The zero-order valence-corrected chi connectivity index (χ0v) is 10.7. The minimum absolute atomic E-state index is 0.535. The second-order valence-corrected chi connectivity index (χ2v) is 6.62. The number of nitrogens with two attached hydrogens (primary N) is 1. The van der Waals surface area contributed by atoms with Gasteiger partial charge in [-0.25, -0.2) is 0 Å². The third kappa shape index (κ3) is 3.23. The van der Waals surface area contributed by atoms with Crippen LogP contribution in [0, 0.1) is 0 Å². The molecule has 0 aliphatic heterocycles. The summed E-state index contributed by atoms with van der Waals surface area (Å²) < 4.78 is 0. The fraction of sp³-hybridized carbons (Fsp3) is 0.667. The van der Waals surface area contributed by atoms with E-state index >= 15 is 0 Å². The van der Waals surface area contributed by atoms with Crippen molar-refractivity contribution in [3.63, 3.8) is 0 Å². The summed E-state index contributed by atoms with van der Waals surface area (Å²) in [5.74, 6) is 0. The standard InChI is InChI=1S/C12H19NS2/c13-9-12(11-7-4-8-14-11)15-10-5-2-1-3-6-10/h4,7-8,10,12H,1-3,5-6,9,13H2. The molecule has 2 N–H and O–H groups in total. The van der Waals surface area contributed by atoms with Gasteiger partial charge < -0.3 is 5.73 Å². The van der Waals surface area contributed by atoms with E-state index < -0.39 is 0 Å². The zero-order valence-electron chi connectivity index (χ0n) is 9.02. The first kappa shape index (κ1) is 11.5. The molecule has 1 saturated carbocycles. The van der Waals surface area contributed by atoms with Gasteiger partial charge in [-0.05, 0) is 24.3 Å².